The third kappa shape index (κ3) is 3.17. The molecule has 100 valence electrons. The molecule has 0 fully saturated rings. The molecule has 0 bridgehead atoms. The van der Waals surface area contributed by atoms with E-state index < -0.39 is 0 Å². The molecule has 2 aromatic rings. The standard InChI is InChI=1S/C13H15N3O3/c1-18-10-6-4-9(5-7-10)12-15-13(19-16-12)11(17)3-2-8-14/h4-7H,2-3,8,14H2,1H3. The number of hydrogen-bond donors (Lipinski definition) is 1. The molecular weight excluding hydrogens is 246 g/mol. The first-order valence-electron chi connectivity index (χ1n) is 5.96. The van der Waals surface area contributed by atoms with Crippen LogP contribution < -0.4 is 10.5 Å². The monoisotopic (exact) mass is 261 g/mol. The van der Waals surface area contributed by atoms with Gasteiger partial charge in [0.1, 0.15) is 5.75 Å². The molecule has 0 aliphatic rings. The molecule has 6 heteroatoms. The molecule has 0 aliphatic heterocycles. The van der Waals surface area contributed by atoms with Gasteiger partial charge in [0.2, 0.25) is 11.6 Å². The van der Waals surface area contributed by atoms with Crippen LogP contribution in [0.5, 0.6) is 5.75 Å². The van der Waals surface area contributed by atoms with Crippen LogP contribution in [0, 0.1) is 0 Å². The molecule has 2 rings (SSSR count). The van der Waals surface area contributed by atoms with Gasteiger partial charge < -0.3 is 15.0 Å². The van der Waals surface area contributed by atoms with E-state index in [1.165, 1.54) is 0 Å². The van der Waals surface area contributed by atoms with Gasteiger partial charge in [0, 0.05) is 12.0 Å². The minimum atomic E-state index is -0.183. The highest BCUT2D eigenvalue weighted by molar-refractivity contribution is 5.91. The summed E-state index contributed by atoms with van der Waals surface area (Å²) < 4.78 is 10.0. The Morgan fingerprint density at radius 1 is 1.37 bits per heavy atom. The minimum Gasteiger partial charge on any atom is -0.497 e. The zero-order valence-electron chi connectivity index (χ0n) is 10.6. The fourth-order valence-corrected chi connectivity index (χ4v) is 1.56. The number of ketones is 1. The van der Waals surface area contributed by atoms with Crippen LogP contribution in [0.15, 0.2) is 28.8 Å². The highest BCUT2D eigenvalue weighted by atomic mass is 16.5. The largest absolute Gasteiger partial charge is 0.497 e. The van der Waals surface area contributed by atoms with Crippen molar-refractivity contribution >= 4 is 5.78 Å². The lowest BCUT2D eigenvalue weighted by atomic mass is 10.2. The molecule has 0 atom stereocenters. The Morgan fingerprint density at radius 3 is 2.74 bits per heavy atom. The Hall–Kier alpha value is -2.21. The van der Waals surface area contributed by atoms with E-state index in [2.05, 4.69) is 10.1 Å². The number of carbonyl (C=O) groups is 1. The number of carbonyl (C=O) groups excluding carboxylic acids is 1. The second-order valence-electron chi connectivity index (χ2n) is 3.97. The van der Waals surface area contributed by atoms with Crippen molar-refractivity contribution < 1.29 is 14.1 Å². The van der Waals surface area contributed by atoms with Crippen molar-refractivity contribution in [2.45, 2.75) is 12.8 Å². The first kappa shape index (κ1) is 13.2. The van der Waals surface area contributed by atoms with Crippen LogP contribution in [-0.2, 0) is 0 Å². The SMILES string of the molecule is COc1ccc(-c2noc(C(=O)CCCN)n2)cc1. The molecule has 0 saturated heterocycles. The summed E-state index contributed by atoms with van der Waals surface area (Å²) in [7, 11) is 1.59. The van der Waals surface area contributed by atoms with Gasteiger partial charge in [-0.25, -0.2) is 0 Å². The maximum Gasteiger partial charge on any atom is 0.294 e. The van der Waals surface area contributed by atoms with Gasteiger partial charge in [0.25, 0.3) is 5.89 Å². The van der Waals surface area contributed by atoms with Gasteiger partial charge in [0.05, 0.1) is 7.11 Å². The normalized spacial score (nSPS) is 10.4. The van der Waals surface area contributed by atoms with E-state index in [9.17, 15) is 4.79 Å². The van der Waals surface area contributed by atoms with E-state index in [4.69, 9.17) is 15.0 Å². The van der Waals surface area contributed by atoms with Gasteiger partial charge in [-0.2, -0.15) is 4.98 Å². The quantitative estimate of drug-likeness (QED) is 0.795. The van der Waals surface area contributed by atoms with Crippen LogP contribution in [0.4, 0.5) is 0 Å². The summed E-state index contributed by atoms with van der Waals surface area (Å²) in [6.07, 6.45) is 0.930. The van der Waals surface area contributed by atoms with E-state index in [0.29, 0.717) is 25.2 Å². The van der Waals surface area contributed by atoms with Gasteiger partial charge in [-0.1, -0.05) is 5.16 Å². The van der Waals surface area contributed by atoms with Crippen LogP contribution in [0.3, 0.4) is 0 Å². The summed E-state index contributed by atoms with van der Waals surface area (Å²) in [4.78, 5) is 15.8. The van der Waals surface area contributed by atoms with Gasteiger partial charge in [-0.3, -0.25) is 4.79 Å². The van der Waals surface area contributed by atoms with Crippen molar-refractivity contribution in [3.05, 3.63) is 30.2 Å². The predicted octanol–water partition coefficient (Wildman–Crippen LogP) is 1.67. The lowest BCUT2D eigenvalue weighted by Gasteiger charge is -1.98. The molecule has 0 saturated carbocycles. The third-order valence-corrected chi connectivity index (χ3v) is 2.62. The van der Waals surface area contributed by atoms with Gasteiger partial charge in [-0.15, -0.1) is 0 Å². The van der Waals surface area contributed by atoms with Crippen LogP contribution in [-0.4, -0.2) is 29.6 Å². The van der Waals surface area contributed by atoms with Gasteiger partial charge in [-0.05, 0) is 37.2 Å². The Labute approximate surface area is 110 Å². The van der Waals surface area contributed by atoms with E-state index >= 15 is 0 Å². The number of ether oxygens (including phenoxy) is 1. The van der Waals surface area contributed by atoms with E-state index in [1.54, 1.807) is 31.4 Å². The second-order valence-corrected chi connectivity index (χ2v) is 3.97. The zero-order chi connectivity index (χ0) is 13.7. The molecule has 6 nitrogen and oxygen atoms in total. The number of methoxy groups -OCH3 is 1. The highest BCUT2D eigenvalue weighted by Crippen LogP contribution is 2.20. The van der Waals surface area contributed by atoms with Crippen molar-refractivity contribution in [1.29, 1.82) is 0 Å². The third-order valence-electron chi connectivity index (χ3n) is 2.62. The van der Waals surface area contributed by atoms with Crippen molar-refractivity contribution in [3.63, 3.8) is 0 Å². The number of rotatable bonds is 6. The number of nitrogens with two attached hydrogens (primary N) is 1. The number of benzene rings is 1. The molecule has 0 spiro atoms. The van der Waals surface area contributed by atoms with Gasteiger partial charge in [0.15, 0.2) is 0 Å². The second kappa shape index (κ2) is 6.10. The molecule has 19 heavy (non-hydrogen) atoms. The molecule has 0 unspecified atom stereocenters. The lowest BCUT2D eigenvalue weighted by molar-refractivity contribution is 0.0938. The van der Waals surface area contributed by atoms with E-state index in [0.717, 1.165) is 11.3 Å². The van der Waals surface area contributed by atoms with Crippen molar-refractivity contribution in [1.82, 2.24) is 10.1 Å². The Balaban J connectivity index is 2.13. The summed E-state index contributed by atoms with van der Waals surface area (Å²) in [5.41, 5.74) is 6.11. The number of Topliss-reactive ketones (excluding diaryl/α,β-unsaturated/α-hetero) is 1. The number of aromatic nitrogens is 2. The summed E-state index contributed by atoms with van der Waals surface area (Å²) in [6.45, 7) is 0.464. The fourth-order valence-electron chi connectivity index (χ4n) is 1.56. The molecule has 1 aromatic heterocycles. The average Bonchev–Trinajstić information content (AvgIpc) is 2.94. The van der Waals surface area contributed by atoms with Crippen molar-refractivity contribution in [2.75, 3.05) is 13.7 Å². The Kier molecular flexibility index (Phi) is 4.25. The topological polar surface area (TPSA) is 91.2 Å². The molecular formula is C13H15N3O3. The number of hydrogen-bond acceptors (Lipinski definition) is 6. The van der Waals surface area contributed by atoms with E-state index in [-0.39, 0.29) is 11.7 Å². The molecule has 1 heterocycles. The van der Waals surface area contributed by atoms with Crippen molar-refractivity contribution in [2.24, 2.45) is 5.73 Å². The molecule has 2 N–H and O–H groups in total. The maximum absolute atomic E-state index is 11.7. The smallest absolute Gasteiger partial charge is 0.294 e. The van der Waals surface area contributed by atoms with Crippen molar-refractivity contribution in [3.8, 4) is 17.1 Å². The molecule has 0 amide bonds. The Morgan fingerprint density at radius 2 is 2.11 bits per heavy atom. The summed E-state index contributed by atoms with van der Waals surface area (Å²) >= 11 is 0. The zero-order valence-corrected chi connectivity index (χ0v) is 10.6. The minimum absolute atomic E-state index is 0.0271. The predicted molar refractivity (Wildman–Crippen MR) is 68.9 cm³/mol. The maximum atomic E-state index is 11.7. The Bertz CT molecular complexity index is 549. The first-order chi connectivity index (χ1) is 9.24. The van der Waals surface area contributed by atoms with Gasteiger partial charge >= 0.3 is 0 Å². The lowest BCUT2D eigenvalue weighted by Crippen LogP contribution is -2.05. The molecule has 0 aliphatic carbocycles. The number of nitrogens with zero attached hydrogens (tertiary/aromatic N) is 2. The highest BCUT2D eigenvalue weighted by Gasteiger charge is 2.15. The first-order valence-corrected chi connectivity index (χ1v) is 5.96. The van der Waals surface area contributed by atoms with Crippen LogP contribution in [0.25, 0.3) is 11.4 Å². The fraction of sp³-hybridized carbons (Fsp3) is 0.308. The molecule has 1 aromatic carbocycles. The molecule has 0 radical (unpaired) electrons. The van der Waals surface area contributed by atoms with Crippen LogP contribution in [0.2, 0.25) is 0 Å². The summed E-state index contributed by atoms with van der Waals surface area (Å²) in [6, 6.07) is 7.19. The summed E-state index contributed by atoms with van der Waals surface area (Å²) in [5.74, 6) is 0.974. The van der Waals surface area contributed by atoms with E-state index in [1.807, 2.05) is 0 Å². The average molecular weight is 261 g/mol. The summed E-state index contributed by atoms with van der Waals surface area (Å²) in [5, 5.41) is 3.79. The van der Waals surface area contributed by atoms with Crippen LogP contribution in [0.1, 0.15) is 23.5 Å². The van der Waals surface area contributed by atoms with Crippen LogP contribution >= 0.6 is 0 Å².